The monoisotopic (exact) mass is 324 g/mol. The van der Waals surface area contributed by atoms with Crippen molar-refractivity contribution in [1.82, 2.24) is 10.5 Å². The van der Waals surface area contributed by atoms with Crippen molar-refractivity contribution in [3.63, 3.8) is 0 Å². The molecular formula is C16H24N2O3S. The third-order valence-corrected chi connectivity index (χ3v) is 6.30. The normalized spacial score (nSPS) is 29.5. The van der Waals surface area contributed by atoms with E-state index in [1.54, 1.807) is 13.0 Å². The zero-order chi connectivity index (χ0) is 15.7. The number of amides is 1. The molecule has 1 N–H and O–H groups in total. The molecule has 22 heavy (non-hydrogen) atoms. The Balaban J connectivity index is 1.44. The molecule has 0 aliphatic heterocycles. The molecule has 1 aromatic heterocycles. The van der Waals surface area contributed by atoms with Gasteiger partial charge in [0.2, 0.25) is 5.91 Å². The van der Waals surface area contributed by atoms with E-state index in [-0.39, 0.29) is 23.5 Å². The van der Waals surface area contributed by atoms with Crippen LogP contribution < -0.4 is 5.32 Å². The molecule has 2 aliphatic rings. The number of nitrogens with zero attached hydrogens (tertiary/aromatic N) is 1. The van der Waals surface area contributed by atoms with Gasteiger partial charge in [0.15, 0.2) is 0 Å². The average molecular weight is 324 g/mol. The van der Waals surface area contributed by atoms with Crippen molar-refractivity contribution in [1.29, 1.82) is 0 Å². The summed E-state index contributed by atoms with van der Waals surface area (Å²) in [5.41, 5.74) is 0.643. The Morgan fingerprint density at radius 3 is 2.91 bits per heavy atom. The van der Waals surface area contributed by atoms with E-state index in [1.807, 2.05) is 0 Å². The van der Waals surface area contributed by atoms with Gasteiger partial charge in [0.05, 0.1) is 11.4 Å². The molecule has 5 nitrogen and oxygen atoms in total. The number of hydrogen-bond acceptors (Lipinski definition) is 4. The third kappa shape index (κ3) is 3.59. The zero-order valence-electron chi connectivity index (χ0n) is 13.2. The molecular weight excluding hydrogens is 300 g/mol. The lowest BCUT2D eigenvalue weighted by Gasteiger charge is -2.28. The molecule has 1 aromatic rings. The lowest BCUT2D eigenvalue weighted by Crippen LogP contribution is -2.42. The Labute approximate surface area is 133 Å². The topological polar surface area (TPSA) is 72.2 Å². The fraction of sp³-hybridized carbons (Fsp3) is 0.750. The third-order valence-electron chi connectivity index (χ3n) is 5.10. The molecule has 1 heterocycles. The smallest absolute Gasteiger partial charge is 0.232 e. The van der Waals surface area contributed by atoms with Crippen molar-refractivity contribution in [2.75, 3.05) is 5.75 Å². The van der Waals surface area contributed by atoms with Gasteiger partial charge in [0.25, 0.3) is 0 Å². The summed E-state index contributed by atoms with van der Waals surface area (Å²) in [7, 11) is -1.24. The second kappa shape index (κ2) is 6.52. The Bertz CT molecular complexity index is 571. The van der Waals surface area contributed by atoms with E-state index >= 15 is 0 Å². The fourth-order valence-corrected chi connectivity index (χ4v) is 5.10. The van der Waals surface area contributed by atoms with Crippen LogP contribution in [-0.4, -0.2) is 27.1 Å². The van der Waals surface area contributed by atoms with Crippen molar-refractivity contribution in [3.05, 3.63) is 17.5 Å². The second-order valence-electron chi connectivity index (χ2n) is 6.85. The van der Waals surface area contributed by atoms with Gasteiger partial charge in [-0.25, -0.2) is 0 Å². The van der Waals surface area contributed by atoms with Crippen LogP contribution in [0.25, 0.3) is 0 Å². The highest BCUT2D eigenvalue weighted by atomic mass is 32.2. The molecule has 2 saturated carbocycles. The van der Waals surface area contributed by atoms with Gasteiger partial charge in [0, 0.05) is 22.9 Å². The minimum absolute atomic E-state index is 0.0388. The average Bonchev–Trinajstić information content (AvgIpc) is 3.15. The van der Waals surface area contributed by atoms with Gasteiger partial charge in [0.1, 0.15) is 11.5 Å². The lowest BCUT2D eigenvalue weighted by atomic mass is 9.84. The number of fused-ring (bicyclic) bond motifs is 2. The van der Waals surface area contributed by atoms with Gasteiger partial charge in [-0.2, -0.15) is 0 Å². The van der Waals surface area contributed by atoms with Crippen LogP contribution >= 0.6 is 0 Å². The highest BCUT2D eigenvalue weighted by Crippen LogP contribution is 2.49. The number of hydrogen-bond donors (Lipinski definition) is 1. The first-order valence-electron chi connectivity index (χ1n) is 8.08. The second-order valence-corrected chi connectivity index (χ2v) is 8.31. The van der Waals surface area contributed by atoms with Gasteiger partial charge >= 0.3 is 0 Å². The first-order valence-corrected chi connectivity index (χ1v) is 9.56. The van der Waals surface area contributed by atoms with Crippen LogP contribution in [0.1, 0.15) is 44.1 Å². The molecule has 2 aliphatic carbocycles. The summed E-state index contributed by atoms with van der Waals surface area (Å²) in [5.74, 6) is 3.15. The number of carbonyl (C=O) groups is 1. The first kappa shape index (κ1) is 15.7. The Morgan fingerprint density at radius 2 is 2.32 bits per heavy atom. The predicted octanol–water partition coefficient (Wildman–Crippen LogP) is 2.17. The van der Waals surface area contributed by atoms with E-state index in [0.717, 1.165) is 11.8 Å². The summed E-state index contributed by atoms with van der Waals surface area (Å²) in [5, 5.41) is 6.87. The van der Waals surface area contributed by atoms with Gasteiger partial charge in [-0.3, -0.25) is 9.00 Å². The van der Waals surface area contributed by atoms with Crippen molar-refractivity contribution in [2.24, 2.45) is 17.8 Å². The van der Waals surface area contributed by atoms with Crippen LogP contribution in [-0.2, 0) is 21.3 Å². The molecule has 0 aromatic carbocycles. The quantitative estimate of drug-likeness (QED) is 0.870. The number of nitrogens with one attached hydrogen (secondary N) is 1. The number of rotatable bonds is 6. The van der Waals surface area contributed by atoms with Gasteiger partial charge in [-0.1, -0.05) is 11.6 Å². The van der Waals surface area contributed by atoms with Gasteiger partial charge in [-0.15, -0.1) is 0 Å². The van der Waals surface area contributed by atoms with Crippen LogP contribution in [0.3, 0.4) is 0 Å². The van der Waals surface area contributed by atoms with Crippen molar-refractivity contribution < 1.29 is 13.5 Å². The molecule has 122 valence electrons. The molecule has 0 spiro atoms. The summed E-state index contributed by atoms with van der Waals surface area (Å²) in [6, 6.07) is 1.95. The molecule has 5 atom stereocenters. The highest BCUT2D eigenvalue weighted by Gasteiger charge is 2.42. The molecule has 0 saturated heterocycles. The molecule has 2 bridgehead atoms. The molecule has 0 unspecified atom stereocenters. The Hall–Kier alpha value is -1.17. The predicted molar refractivity (Wildman–Crippen MR) is 84.5 cm³/mol. The van der Waals surface area contributed by atoms with Crippen LogP contribution in [0.4, 0.5) is 0 Å². The fourth-order valence-electron chi connectivity index (χ4n) is 4.16. The standard InChI is InChI=1S/C16H24N2O3S/c1-10-5-14(18-21-10)8-22(20)9-16(19)17-11(2)15-7-12-3-4-13(15)6-12/h5,11-13,15H,3-4,6-9H2,1-2H3,(H,17,19)/t11-,12-,13-,15+,22-/m0/s1. The van der Waals surface area contributed by atoms with E-state index in [9.17, 15) is 9.00 Å². The summed E-state index contributed by atoms with van der Waals surface area (Å²) in [6.07, 6.45) is 5.26. The van der Waals surface area contributed by atoms with Gasteiger partial charge < -0.3 is 9.84 Å². The maximum Gasteiger partial charge on any atom is 0.232 e. The van der Waals surface area contributed by atoms with E-state index in [2.05, 4.69) is 17.4 Å². The molecule has 2 fully saturated rings. The van der Waals surface area contributed by atoms with E-state index < -0.39 is 10.8 Å². The van der Waals surface area contributed by atoms with Crippen LogP contribution in [0, 0.1) is 24.7 Å². The maximum absolute atomic E-state index is 12.1. The minimum Gasteiger partial charge on any atom is -0.361 e. The summed E-state index contributed by atoms with van der Waals surface area (Å²) < 4.78 is 17.0. The number of aromatic nitrogens is 1. The van der Waals surface area contributed by atoms with Crippen molar-refractivity contribution in [2.45, 2.75) is 51.3 Å². The SMILES string of the molecule is Cc1cc(C[S@](=O)CC(=O)N[C@@H](C)[C@H]2C[C@H]3CC[C@H]2C3)no1. The van der Waals surface area contributed by atoms with E-state index in [4.69, 9.17) is 4.52 Å². The van der Waals surface area contributed by atoms with Gasteiger partial charge in [-0.05, 0) is 50.9 Å². The van der Waals surface area contributed by atoms with E-state index in [1.165, 1.54) is 25.7 Å². The van der Waals surface area contributed by atoms with Crippen LogP contribution in [0.2, 0.25) is 0 Å². The summed E-state index contributed by atoms with van der Waals surface area (Å²) >= 11 is 0. The van der Waals surface area contributed by atoms with E-state index in [0.29, 0.717) is 17.4 Å². The largest absolute Gasteiger partial charge is 0.361 e. The molecule has 1 amide bonds. The highest BCUT2D eigenvalue weighted by molar-refractivity contribution is 7.84. The van der Waals surface area contributed by atoms with Crippen LogP contribution in [0.15, 0.2) is 10.6 Å². The minimum atomic E-state index is -1.24. The Morgan fingerprint density at radius 1 is 1.50 bits per heavy atom. The number of carbonyl (C=O) groups excluding carboxylic acids is 1. The molecule has 3 rings (SSSR count). The number of aryl methyl sites for hydroxylation is 1. The zero-order valence-corrected chi connectivity index (χ0v) is 14.0. The van der Waals surface area contributed by atoms with Crippen LogP contribution in [0.5, 0.6) is 0 Å². The lowest BCUT2D eigenvalue weighted by molar-refractivity contribution is -0.119. The summed E-state index contributed by atoms with van der Waals surface area (Å²) in [4.78, 5) is 12.1. The van der Waals surface area contributed by atoms with Crippen molar-refractivity contribution in [3.8, 4) is 0 Å². The molecule has 6 heteroatoms. The maximum atomic E-state index is 12.1. The Kier molecular flexibility index (Phi) is 4.66. The summed E-state index contributed by atoms with van der Waals surface area (Å²) in [6.45, 7) is 3.89. The first-order chi connectivity index (χ1) is 10.5. The van der Waals surface area contributed by atoms with Crippen molar-refractivity contribution >= 4 is 16.7 Å². The molecule has 0 radical (unpaired) electrons.